The van der Waals surface area contributed by atoms with E-state index in [4.69, 9.17) is 15.2 Å². The van der Waals surface area contributed by atoms with Crippen molar-refractivity contribution in [3.05, 3.63) is 30.2 Å². The number of rotatable bonds is 3. The first-order chi connectivity index (χ1) is 16.4. The molecule has 2 amide bonds. The second-order valence-corrected chi connectivity index (χ2v) is 10.7. The number of hydrogen-bond donors (Lipinski definition) is 2. The highest BCUT2D eigenvalue weighted by Crippen LogP contribution is 2.48. The van der Waals surface area contributed by atoms with Crippen LogP contribution in [0.25, 0.3) is 22.2 Å². The van der Waals surface area contributed by atoms with Gasteiger partial charge in [-0.3, -0.25) is 0 Å². The van der Waals surface area contributed by atoms with Crippen LogP contribution in [0.5, 0.6) is 5.75 Å². The third-order valence-electron chi connectivity index (χ3n) is 6.07. The highest BCUT2D eigenvalue weighted by atomic mass is 16.6. The maximum absolute atomic E-state index is 13.0. The summed E-state index contributed by atoms with van der Waals surface area (Å²) < 4.78 is 13.6. The zero-order valence-electron chi connectivity index (χ0n) is 20.5. The Hall–Kier alpha value is -3.82. The fraction of sp³-hybridized carbons (Fsp3) is 0.440. The lowest BCUT2D eigenvalue weighted by atomic mass is 9.93. The molecule has 0 radical (unpaired) electrons. The summed E-state index contributed by atoms with van der Waals surface area (Å²) in [5.74, 6) is 0.579. The Balaban J connectivity index is 1.77. The number of benzene rings is 1. The van der Waals surface area contributed by atoms with E-state index in [1.807, 2.05) is 30.7 Å². The molecule has 3 aromatic rings. The van der Waals surface area contributed by atoms with Gasteiger partial charge in [0.1, 0.15) is 28.9 Å². The molecule has 1 aliphatic carbocycles. The Morgan fingerprint density at radius 2 is 1.94 bits per heavy atom. The van der Waals surface area contributed by atoms with Gasteiger partial charge in [-0.1, -0.05) is 6.07 Å². The average Bonchev–Trinajstić information content (AvgIpc) is 3.41. The van der Waals surface area contributed by atoms with Gasteiger partial charge in [-0.15, -0.1) is 0 Å². The zero-order chi connectivity index (χ0) is 25.3. The molecule has 2 aliphatic rings. The lowest BCUT2D eigenvalue weighted by Crippen LogP contribution is -2.40. The van der Waals surface area contributed by atoms with Crippen LogP contribution in [0.1, 0.15) is 59.1 Å². The third-order valence-corrected chi connectivity index (χ3v) is 6.07. The molecule has 1 saturated carbocycles. The minimum atomic E-state index is -1.49. The number of carbonyl (C=O) groups is 2. The Labute approximate surface area is 202 Å². The number of anilines is 2. The molecule has 0 spiro atoms. The number of carbonyl (C=O) groups excluding carboxylic acids is 1. The van der Waals surface area contributed by atoms with E-state index in [9.17, 15) is 14.7 Å². The van der Waals surface area contributed by atoms with Crippen molar-refractivity contribution >= 4 is 34.7 Å². The highest BCUT2D eigenvalue weighted by molar-refractivity contribution is 6.15. The lowest BCUT2D eigenvalue weighted by molar-refractivity contribution is 0.0581. The number of nitrogens with zero attached hydrogens (tertiary/aromatic N) is 4. The van der Waals surface area contributed by atoms with Gasteiger partial charge in [0.15, 0.2) is 5.82 Å². The molecule has 0 unspecified atom stereocenters. The number of carboxylic acid groups (broad SMARTS) is 1. The van der Waals surface area contributed by atoms with E-state index in [1.54, 1.807) is 26.8 Å². The fourth-order valence-corrected chi connectivity index (χ4v) is 4.57. The molecule has 2 aromatic heterocycles. The van der Waals surface area contributed by atoms with Gasteiger partial charge in [-0.25, -0.2) is 19.6 Å². The van der Waals surface area contributed by atoms with Crippen LogP contribution in [0.4, 0.5) is 21.1 Å². The molecule has 1 aromatic carbocycles. The fourth-order valence-electron chi connectivity index (χ4n) is 4.57. The Morgan fingerprint density at radius 1 is 1.23 bits per heavy atom. The van der Waals surface area contributed by atoms with E-state index in [2.05, 4.69) is 9.97 Å². The van der Waals surface area contributed by atoms with Crippen molar-refractivity contribution in [2.45, 2.75) is 71.1 Å². The van der Waals surface area contributed by atoms with Gasteiger partial charge in [-0.2, -0.15) is 4.90 Å². The minimum Gasteiger partial charge on any atom is -0.485 e. The molecule has 10 nitrogen and oxygen atoms in total. The van der Waals surface area contributed by atoms with E-state index in [0.29, 0.717) is 33.8 Å². The number of nitrogen functional groups attached to an aromatic ring is 1. The first-order valence-electron chi connectivity index (χ1n) is 11.6. The largest absolute Gasteiger partial charge is 0.485 e. The number of nitrogens with two attached hydrogens (primary N) is 1. The quantitative estimate of drug-likeness (QED) is 0.493. The number of aromatic nitrogens is 3. The molecule has 0 atom stereocenters. The molecule has 1 fully saturated rings. The van der Waals surface area contributed by atoms with Crippen molar-refractivity contribution in [3.63, 3.8) is 0 Å². The summed E-state index contributed by atoms with van der Waals surface area (Å²) in [6.07, 6.45) is 3.34. The molecule has 35 heavy (non-hydrogen) atoms. The standard InChI is InChI=1S/C25H29N5O5/c1-24(2,3)35-23(33)30(22(31)32)21-18-16(11-29(13-6-7-13)20(18)27-12-28-21)14-8-9-17(26)19-15(14)10-25(4,5)34-19/h8-9,11-13H,6-7,10,26H2,1-5H3,(H,31,32). The van der Waals surface area contributed by atoms with E-state index >= 15 is 0 Å². The van der Waals surface area contributed by atoms with Gasteiger partial charge < -0.3 is 24.9 Å². The van der Waals surface area contributed by atoms with E-state index < -0.39 is 23.4 Å². The molecule has 184 valence electrons. The van der Waals surface area contributed by atoms with Gasteiger partial charge in [0.05, 0.1) is 11.1 Å². The number of hydrogen-bond acceptors (Lipinski definition) is 7. The molecule has 3 heterocycles. The second-order valence-electron chi connectivity index (χ2n) is 10.7. The van der Waals surface area contributed by atoms with Crippen LogP contribution in [0, 0.1) is 0 Å². The van der Waals surface area contributed by atoms with Crippen LogP contribution in [-0.4, -0.2) is 43.0 Å². The summed E-state index contributed by atoms with van der Waals surface area (Å²) in [4.78, 5) is 34.6. The van der Waals surface area contributed by atoms with Gasteiger partial charge in [0.25, 0.3) is 0 Å². The van der Waals surface area contributed by atoms with Crippen molar-refractivity contribution in [1.82, 2.24) is 14.5 Å². The Morgan fingerprint density at radius 3 is 2.57 bits per heavy atom. The second kappa shape index (κ2) is 7.59. The normalized spacial score (nSPS) is 16.6. The molecule has 1 aliphatic heterocycles. The van der Waals surface area contributed by atoms with Crippen LogP contribution in [-0.2, 0) is 11.2 Å². The maximum atomic E-state index is 13.0. The number of fused-ring (bicyclic) bond motifs is 2. The average molecular weight is 480 g/mol. The third kappa shape index (κ3) is 4.02. The summed E-state index contributed by atoms with van der Waals surface area (Å²) in [5.41, 5.74) is 8.49. The van der Waals surface area contributed by atoms with Crippen molar-refractivity contribution < 1.29 is 24.2 Å². The van der Waals surface area contributed by atoms with Gasteiger partial charge in [-0.05, 0) is 59.1 Å². The number of ether oxygens (including phenoxy) is 2. The monoisotopic (exact) mass is 479 g/mol. The smallest absolute Gasteiger partial charge is 0.425 e. The molecular weight excluding hydrogens is 450 g/mol. The predicted molar refractivity (Wildman–Crippen MR) is 131 cm³/mol. The summed E-state index contributed by atoms with van der Waals surface area (Å²) in [6.45, 7) is 9.01. The van der Waals surface area contributed by atoms with Crippen LogP contribution < -0.4 is 15.4 Å². The number of imide groups is 1. The predicted octanol–water partition coefficient (Wildman–Crippen LogP) is 5.15. The topological polar surface area (TPSA) is 133 Å². The highest BCUT2D eigenvalue weighted by Gasteiger charge is 2.38. The van der Waals surface area contributed by atoms with Crippen molar-refractivity contribution in [3.8, 4) is 16.9 Å². The molecule has 10 heteroatoms. The minimum absolute atomic E-state index is 0.0464. The summed E-state index contributed by atoms with van der Waals surface area (Å²) in [6, 6.07) is 3.94. The molecule has 0 saturated heterocycles. The van der Waals surface area contributed by atoms with Crippen molar-refractivity contribution in [1.29, 1.82) is 0 Å². The van der Waals surface area contributed by atoms with Crippen LogP contribution in [0.15, 0.2) is 24.7 Å². The van der Waals surface area contributed by atoms with Crippen molar-refractivity contribution in [2.24, 2.45) is 0 Å². The first-order valence-corrected chi connectivity index (χ1v) is 11.6. The number of amides is 2. The summed E-state index contributed by atoms with van der Waals surface area (Å²) in [5, 5.41) is 10.5. The molecule has 3 N–H and O–H groups in total. The molecule has 5 rings (SSSR count). The first kappa shape index (κ1) is 22.9. The van der Waals surface area contributed by atoms with E-state index in [1.165, 1.54) is 6.33 Å². The zero-order valence-corrected chi connectivity index (χ0v) is 20.5. The van der Waals surface area contributed by atoms with Crippen LogP contribution in [0.3, 0.4) is 0 Å². The van der Waals surface area contributed by atoms with Gasteiger partial charge in [0.2, 0.25) is 0 Å². The Kier molecular flexibility index (Phi) is 4.98. The maximum Gasteiger partial charge on any atom is 0.425 e. The van der Waals surface area contributed by atoms with Gasteiger partial charge in [0, 0.05) is 29.8 Å². The molecule has 0 bridgehead atoms. The summed E-state index contributed by atoms with van der Waals surface area (Å²) >= 11 is 0. The summed E-state index contributed by atoms with van der Waals surface area (Å²) in [7, 11) is 0. The lowest BCUT2D eigenvalue weighted by Gasteiger charge is -2.24. The van der Waals surface area contributed by atoms with E-state index in [-0.39, 0.29) is 11.9 Å². The van der Waals surface area contributed by atoms with Gasteiger partial charge >= 0.3 is 12.2 Å². The molecular formula is C25H29N5O5. The van der Waals surface area contributed by atoms with E-state index in [0.717, 1.165) is 29.5 Å². The van der Waals surface area contributed by atoms with Crippen molar-refractivity contribution in [2.75, 3.05) is 10.6 Å². The SMILES string of the molecule is CC(C)(C)OC(=O)N(C(=O)O)c1ncnc2c1c(-c1ccc(N)c3c1CC(C)(C)O3)cn2C1CC1. The van der Waals surface area contributed by atoms with Crippen LogP contribution in [0.2, 0.25) is 0 Å². The van der Waals surface area contributed by atoms with Crippen LogP contribution >= 0.6 is 0 Å². The Bertz CT molecular complexity index is 1370.